The Kier molecular flexibility index (Phi) is 4.70. The van der Waals surface area contributed by atoms with Crippen molar-refractivity contribution in [3.8, 4) is 0 Å². The second-order valence-corrected chi connectivity index (χ2v) is 5.05. The van der Waals surface area contributed by atoms with Crippen LogP contribution in [0.2, 0.25) is 0 Å². The van der Waals surface area contributed by atoms with Crippen LogP contribution >= 0.6 is 0 Å². The highest BCUT2D eigenvalue weighted by Gasteiger charge is 2.18. The van der Waals surface area contributed by atoms with Crippen molar-refractivity contribution in [3.05, 3.63) is 23.4 Å². The van der Waals surface area contributed by atoms with Gasteiger partial charge in [0.2, 0.25) is 0 Å². The first-order chi connectivity index (χ1) is 8.36. The number of hydrogen-bond acceptors (Lipinski definition) is 3. The fraction of sp³-hybridized carbons (Fsp3) is 0.571. The maximum atomic E-state index is 12.4. The number of hydrogen-bond donors (Lipinski definition) is 1. The van der Waals surface area contributed by atoms with E-state index in [0.29, 0.717) is 17.9 Å². The van der Waals surface area contributed by atoms with Gasteiger partial charge in [0.1, 0.15) is 5.82 Å². The van der Waals surface area contributed by atoms with Crippen molar-refractivity contribution in [2.75, 3.05) is 12.3 Å². The Morgan fingerprint density at radius 2 is 1.94 bits per heavy atom. The van der Waals surface area contributed by atoms with Gasteiger partial charge in [-0.2, -0.15) is 0 Å². The standard InChI is InChI=1S/C14H23N3O/c1-6-17(10(4)5)14(18)11-7-12(9(2)3)16-13(15)8-11/h7-10H,6H2,1-5H3,(H2,15,16). The topological polar surface area (TPSA) is 59.2 Å². The number of carbonyl (C=O) groups excluding carboxylic acids is 1. The van der Waals surface area contributed by atoms with Crippen molar-refractivity contribution >= 4 is 11.7 Å². The van der Waals surface area contributed by atoms with Gasteiger partial charge in [-0.3, -0.25) is 4.79 Å². The van der Waals surface area contributed by atoms with Gasteiger partial charge in [0.05, 0.1) is 0 Å². The first kappa shape index (κ1) is 14.5. The van der Waals surface area contributed by atoms with Crippen LogP contribution in [0.3, 0.4) is 0 Å². The van der Waals surface area contributed by atoms with Gasteiger partial charge < -0.3 is 10.6 Å². The summed E-state index contributed by atoms with van der Waals surface area (Å²) in [5.41, 5.74) is 7.26. The molecule has 1 rings (SSSR count). The molecule has 0 aliphatic rings. The summed E-state index contributed by atoms with van der Waals surface area (Å²) >= 11 is 0. The largest absolute Gasteiger partial charge is 0.384 e. The summed E-state index contributed by atoms with van der Waals surface area (Å²) in [6.45, 7) is 10.8. The molecular formula is C14H23N3O. The Morgan fingerprint density at radius 3 is 2.39 bits per heavy atom. The van der Waals surface area contributed by atoms with Crippen molar-refractivity contribution in [2.24, 2.45) is 0 Å². The summed E-state index contributed by atoms with van der Waals surface area (Å²) in [7, 11) is 0. The SMILES string of the molecule is CCN(C(=O)c1cc(N)nc(C(C)C)c1)C(C)C. The number of carbonyl (C=O) groups is 1. The number of anilines is 1. The molecule has 18 heavy (non-hydrogen) atoms. The fourth-order valence-corrected chi connectivity index (χ4v) is 1.90. The Balaban J connectivity index is 3.12. The summed E-state index contributed by atoms with van der Waals surface area (Å²) in [6, 6.07) is 3.67. The van der Waals surface area contributed by atoms with Crippen LogP contribution in [-0.2, 0) is 0 Å². The molecule has 1 heterocycles. The zero-order valence-corrected chi connectivity index (χ0v) is 11.9. The average Bonchev–Trinajstić information content (AvgIpc) is 2.28. The highest BCUT2D eigenvalue weighted by atomic mass is 16.2. The van der Waals surface area contributed by atoms with E-state index in [0.717, 1.165) is 5.69 Å². The second kappa shape index (κ2) is 5.85. The van der Waals surface area contributed by atoms with E-state index < -0.39 is 0 Å². The molecule has 1 aromatic heterocycles. The van der Waals surface area contributed by atoms with E-state index >= 15 is 0 Å². The Hall–Kier alpha value is -1.58. The number of nitrogens with two attached hydrogens (primary N) is 1. The maximum absolute atomic E-state index is 12.4. The van der Waals surface area contributed by atoms with E-state index in [1.54, 1.807) is 6.07 Å². The molecule has 0 aliphatic heterocycles. The number of rotatable bonds is 4. The van der Waals surface area contributed by atoms with Crippen LogP contribution in [0.4, 0.5) is 5.82 Å². The maximum Gasteiger partial charge on any atom is 0.254 e. The lowest BCUT2D eigenvalue weighted by Gasteiger charge is -2.25. The number of nitrogen functional groups attached to an aromatic ring is 1. The molecule has 0 spiro atoms. The monoisotopic (exact) mass is 249 g/mol. The fourth-order valence-electron chi connectivity index (χ4n) is 1.90. The van der Waals surface area contributed by atoms with Crippen molar-refractivity contribution in [3.63, 3.8) is 0 Å². The molecule has 0 bridgehead atoms. The van der Waals surface area contributed by atoms with Crippen LogP contribution in [0.25, 0.3) is 0 Å². The third kappa shape index (κ3) is 3.22. The van der Waals surface area contributed by atoms with Crippen LogP contribution in [0.1, 0.15) is 56.6 Å². The summed E-state index contributed by atoms with van der Waals surface area (Å²) in [5.74, 6) is 0.682. The van der Waals surface area contributed by atoms with Gasteiger partial charge in [-0.1, -0.05) is 13.8 Å². The van der Waals surface area contributed by atoms with E-state index in [-0.39, 0.29) is 17.9 Å². The predicted octanol–water partition coefficient (Wildman–Crippen LogP) is 2.66. The van der Waals surface area contributed by atoms with Gasteiger partial charge >= 0.3 is 0 Å². The zero-order chi connectivity index (χ0) is 13.9. The van der Waals surface area contributed by atoms with Crippen molar-refractivity contribution in [1.29, 1.82) is 0 Å². The summed E-state index contributed by atoms with van der Waals surface area (Å²) in [4.78, 5) is 18.5. The van der Waals surface area contributed by atoms with Gasteiger partial charge in [-0.05, 0) is 38.8 Å². The normalized spacial score (nSPS) is 11.1. The minimum absolute atomic E-state index is 0.0171. The molecule has 0 unspecified atom stereocenters. The molecule has 2 N–H and O–H groups in total. The van der Waals surface area contributed by atoms with E-state index in [2.05, 4.69) is 4.98 Å². The van der Waals surface area contributed by atoms with Crippen LogP contribution < -0.4 is 5.73 Å². The lowest BCUT2D eigenvalue weighted by atomic mass is 10.1. The van der Waals surface area contributed by atoms with Crippen molar-refractivity contribution in [1.82, 2.24) is 9.88 Å². The Bertz CT molecular complexity index is 427. The summed E-state index contributed by atoms with van der Waals surface area (Å²) < 4.78 is 0. The van der Waals surface area contributed by atoms with Gasteiger partial charge in [-0.25, -0.2) is 4.98 Å². The van der Waals surface area contributed by atoms with E-state index in [4.69, 9.17) is 5.73 Å². The number of nitrogens with zero attached hydrogens (tertiary/aromatic N) is 2. The van der Waals surface area contributed by atoms with E-state index in [9.17, 15) is 4.79 Å². The van der Waals surface area contributed by atoms with Gasteiger partial charge in [0.15, 0.2) is 0 Å². The van der Waals surface area contributed by atoms with Crippen LogP contribution in [0, 0.1) is 0 Å². The molecule has 0 fully saturated rings. The minimum atomic E-state index is 0.0171. The first-order valence-corrected chi connectivity index (χ1v) is 6.45. The molecule has 0 saturated carbocycles. The second-order valence-electron chi connectivity index (χ2n) is 5.05. The lowest BCUT2D eigenvalue weighted by molar-refractivity contribution is 0.0716. The summed E-state index contributed by atoms with van der Waals surface area (Å²) in [6.07, 6.45) is 0. The lowest BCUT2D eigenvalue weighted by Crippen LogP contribution is -2.36. The number of aromatic nitrogens is 1. The third-order valence-corrected chi connectivity index (χ3v) is 2.93. The van der Waals surface area contributed by atoms with E-state index in [1.807, 2.05) is 45.6 Å². The highest BCUT2D eigenvalue weighted by Crippen LogP contribution is 2.18. The molecule has 0 aliphatic carbocycles. The van der Waals surface area contributed by atoms with Crippen LogP contribution in [0.15, 0.2) is 12.1 Å². The predicted molar refractivity (Wildman–Crippen MR) is 74.6 cm³/mol. The van der Waals surface area contributed by atoms with Gasteiger partial charge in [0, 0.05) is 23.8 Å². The Morgan fingerprint density at radius 1 is 1.33 bits per heavy atom. The van der Waals surface area contributed by atoms with E-state index in [1.165, 1.54) is 0 Å². The minimum Gasteiger partial charge on any atom is -0.384 e. The number of amides is 1. The molecule has 0 saturated heterocycles. The van der Waals surface area contributed by atoms with Crippen LogP contribution in [0.5, 0.6) is 0 Å². The highest BCUT2D eigenvalue weighted by molar-refractivity contribution is 5.95. The zero-order valence-electron chi connectivity index (χ0n) is 11.9. The van der Waals surface area contributed by atoms with Crippen molar-refractivity contribution in [2.45, 2.75) is 46.6 Å². The van der Waals surface area contributed by atoms with Crippen molar-refractivity contribution < 1.29 is 4.79 Å². The molecule has 1 aromatic rings. The quantitative estimate of drug-likeness (QED) is 0.892. The molecule has 100 valence electrons. The molecule has 0 radical (unpaired) electrons. The molecule has 4 heteroatoms. The third-order valence-electron chi connectivity index (χ3n) is 2.93. The number of pyridine rings is 1. The Labute approximate surface area is 109 Å². The molecule has 4 nitrogen and oxygen atoms in total. The van der Waals surface area contributed by atoms with Gasteiger partial charge in [-0.15, -0.1) is 0 Å². The average molecular weight is 249 g/mol. The first-order valence-electron chi connectivity index (χ1n) is 6.45. The van der Waals surface area contributed by atoms with Crippen LogP contribution in [-0.4, -0.2) is 28.4 Å². The molecule has 0 aromatic carbocycles. The molecule has 0 atom stereocenters. The summed E-state index contributed by atoms with van der Waals surface area (Å²) in [5, 5.41) is 0. The van der Waals surface area contributed by atoms with Gasteiger partial charge in [0.25, 0.3) is 5.91 Å². The molecular weight excluding hydrogens is 226 g/mol. The smallest absolute Gasteiger partial charge is 0.254 e. The molecule has 1 amide bonds.